The van der Waals surface area contributed by atoms with Crippen molar-refractivity contribution >= 4 is 23.7 Å². The van der Waals surface area contributed by atoms with Crippen LogP contribution in [0.1, 0.15) is 22.3 Å². The second-order valence-electron chi connectivity index (χ2n) is 6.40. The zero-order chi connectivity index (χ0) is 19.8. The first-order valence-electron chi connectivity index (χ1n) is 8.94. The number of hydrogen-bond donors (Lipinski definition) is 1. The summed E-state index contributed by atoms with van der Waals surface area (Å²) in [5.41, 5.74) is 6.47. The van der Waals surface area contributed by atoms with E-state index in [0.717, 1.165) is 22.4 Å². The summed E-state index contributed by atoms with van der Waals surface area (Å²) in [6.45, 7) is 2.42. The molecule has 0 atom stereocenters. The molecule has 28 heavy (non-hydrogen) atoms. The maximum atomic E-state index is 11.9. The lowest BCUT2D eigenvalue weighted by Gasteiger charge is -2.07. The van der Waals surface area contributed by atoms with Gasteiger partial charge in [0.15, 0.2) is 0 Å². The first-order chi connectivity index (χ1) is 13.6. The van der Waals surface area contributed by atoms with Crippen LogP contribution in [-0.4, -0.2) is 12.1 Å². The quantitative estimate of drug-likeness (QED) is 0.458. The fourth-order valence-electron chi connectivity index (χ4n) is 2.54. The number of halogens is 1. The molecule has 3 rings (SSSR count). The van der Waals surface area contributed by atoms with Crippen LogP contribution in [0.25, 0.3) is 0 Å². The number of nitrogens with zero attached hydrogens (tertiary/aromatic N) is 1. The monoisotopic (exact) mass is 392 g/mol. The topological polar surface area (TPSA) is 50.7 Å². The Bertz CT molecular complexity index is 951. The van der Waals surface area contributed by atoms with Crippen LogP contribution in [0.2, 0.25) is 5.02 Å². The van der Waals surface area contributed by atoms with Gasteiger partial charge in [-0.25, -0.2) is 5.43 Å². The highest BCUT2D eigenvalue weighted by molar-refractivity contribution is 6.31. The van der Waals surface area contributed by atoms with Gasteiger partial charge in [0.25, 0.3) is 0 Å². The van der Waals surface area contributed by atoms with Gasteiger partial charge in [0.1, 0.15) is 12.4 Å². The van der Waals surface area contributed by atoms with Crippen LogP contribution in [0.4, 0.5) is 0 Å². The van der Waals surface area contributed by atoms with Crippen LogP contribution in [0.15, 0.2) is 77.9 Å². The Hall–Kier alpha value is -3.11. The minimum Gasteiger partial charge on any atom is -0.489 e. The maximum absolute atomic E-state index is 11.9. The summed E-state index contributed by atoms with van der Waals surface area (Å²) < 4.78 is 5.75. The van der Waals surface area contributed by atoms with E-state index in [0.29, 0.717) is 18.1 Å². The predicted octanol–water partition coefficient (Wildman–Crippen LogP) is 4.92. The second-order valence-corrected chi connectivity index (χ2v) is 6.81. The van der Waals surface area contributed by atoms with E-state index < -0.39 is 0 Å². The summed E-state index contributed by atoms with van der Waals surface area (Å²) in [5.74, 6) is 0.584. The van der Waals surface area contributed by atoms with Crippen LogP contribution in [0, 0.1) is 6.92 Å². The van der Waals surface area contributed by atoms with Crippen LogP contribution >= 0.6 is 11.6 Å². The molecular weight excluding hydrogens is 372 g/mol. The molecule has 4 nitrogen and oxygen atoms in total. The molecule has 142 valence electrons. The number of hydrazone groups is 1. The standard InChI is InChI=1S/C23H21ClN2O2/c1-17-6-8-18(9-7-17)14-23(27)26-25-15-19-10-12-21(13-11-19)28-16-20-4-2-3-5-22(20)24/h2-13,15H,14,16H2,1H3,(H,26,27)/b25-15-. The predicted molar refractivity (Wildman–Crippen MR) is 113 cm³/mol. The van der Waals surface area contributed by atoms with Gasteiger partial charge in [-0.2, -0.15) is 5.10 Å². The summed E-state index contributed by atoms with van der Waals surface area (Å²) >= 11 is 6.12. The fourth-order valence-corrected chi connectivity index (χ4v) is 2.73. The van der Waals surface area contributed by atoms with E-state index in [1.165, 1.54) is 5.56 Å². The summed E-state index contributed by atoms with van der Waals surface area (Å²) in [6.07, 6.45) is 1.90. The molecule has 5 heteroatoms. The molecule has 0 aliphatic heterocycles. The third-order valence-electron chi connectivity index (χ3n) is 4.12. The summed E-state index contributed by atoms with van der Waals surface area (Å²) in [5, 5.41) is 4.69. The highest BCUT2D eigenvalue weighted by atomic mass is 35.5. The van der Waals surface area contributed by atoms with Gasteiger partial charge in [0, 0.05) is 10.6 Å². The average molecular weight is 393 g/mol. The van der Waals surface area contributed by atoms with Gasteiger partial charge in [-0.15, -0.1) is 0 Å². The molecule has 0 heterocycles. The minimum atomic E-state index is -0.153. The van der Waals surface area contributed by atoms with Crippen LogP contribution in [0.5, 0.6) is 5.75 Å². The van der Waals surface area contributed by atoms with E-state index in [2.05, 4.69) is 10.5 Å². The highest BCUT2D eigenvalue weighted by Crippen LogP contribution is 2.18. The Labute approximate surface area is 169 Å². The van der Waals surface area contributed by atoms with Crippen molar-refractivity contribution in [2.75, 3.05) is 0 Å². The smallest absolute Gasteiger partial charge is 0.244 e. The SMILES string of the molecule is Cc1ccc(CC(=O)N/N=C\c2ccc(OCc3ccccc3Cl)cc2)cc1. The molecule has 0 saturated heterocycles. The molecule has 0 fully saturated rings. The van der Waals surface area contributed by atoms with Gasteiger partial charge in [-0.3, -0.25) is 4.79 Å². The second kappa shape index (κ2) is 9.72. The zero-order valence-corrected chi connectivity index (χ0v) is 16.3. The Morgan fingerprint density at radius 1 is 1.04 bits per heavy atom. The van der Waals surface area contributed by atoms with Crippen LogP contribution < -0.4 is 10.2 Å². The number of aryl methyl sites for hydroxylation is 1. The molecule has 0 saturated carbocycles. The number of rotatable bonds is 7. The Morgan fingerprint density at radius 3 is 2.46 bits per heavy atom. The lowest BCUT2D eigenvalue weighted by Crippen LogP contribution is -2.19. The summed E-state index contributed by atoms with van der Waals surface area (Å²) in [6, 6.07) is 22.9. The van der Waals surface area contributed by atoms with Gasteiger partial charge in [0.2, 0.25) is 5.91 Å². The van der Waals surface area contributed by atoms with E-state index in [1.807, 2.05) is 79.7 Å². The molecule has 0 unspecified atom stereocenters. The van der Waals surface area contributed by atoms with Gasteiger partial charge in [-0.1, -0.05) is 59.6 Å². The van der Waals surface area contributed by atoms with E-state index in [9.17, 15) is 4.79 Å². The first kappa shape index (κ1) is 19.6. The van der Waals surface area contributed by atoms with Crippen molar-refractivity contribution in [2.45, 2.75) is 20.0 Å². The number of benzene rings is 3. The van der Waals surface area contributed by atoms with E-state index in [-0.39, 0.29) is 5.91 Å². The molecule has 0 bridgehead atoms. The van der Waals surface area contributed by atoms with Crippen LogP contribution in [-0.2, 0) is 17.8 Å². The molecule has 0 aliphatic carbocycles. The third-order valence-corrected chi connectivity index (χ3v) is 4.49. The maximum Gasteiger partial charge on any atom is 0.244 e. The molecule has 3 aromatic rings. The van der Waals surface area contributed by atoms with E-state index in [4.69, 9.17) is 16.3 Å². The average Bonchev–Trinajstić information content (AvgIpc) is 2.70. The molecule has 1 amide bonds. The van der Waals surface area contributed by atoms with E-state index in [1.54, 1.807) is 6.21 Å². The van der Waals surface area contributed by atoms with Gasteiger partial charge < -0.3 is 4.74 Å². The number of carbonyl (C=O) groups excluding carboxylic acids is 1. The highest BCUT2D eigenvalue weighted by Gasteiger charge is 2.02. The van der Waals surface area contributed by atoms with Crippen molar-refractivity contribution in [3.8, 4) is 5.75 Å². The minimum absolute atomic E-state index is 0.153. The van der Waals surface area contributed by atoms with Crippen LogP contribution in [0.3, 0.4) is 0 Å². The van der Waals surface area contributed by atoms with Crippen molar-refractivity contribution in [2.24, 2.45) is 5.10 Å². The number of hydrogen-bond acceptors (Lipinski definition) is 3. The van der Waals surface area contributed by atoms with E-state index >= 15 is 0 Å². The first-order valence-corrected chi connectivity index (χ1v) is 9.32. The molecule has 3 aromatic carbocycles. The lowest BCUT2D eigenvalue weighted by molar-refractivity contribution is -0.120. The van der Waals surface area contributed by atoms with Crippen molar-refractivity contribution in [3.05, 3.63) is 100 Å². The van der Waals surface area contributed by atoms with Gasteiger partial charge >= 0.3 is 0 Å². The molecule has 0 aliphatic rings. The number of amides is 1. The summed E-state index contributed by atoms with van der Waals surface area (Å²) in [7, 11) is 0. The molecule has 0 spiro atoms. The Kier molecular flexibility index (Phi) is 6.82. The van der Waals surface area contributed by atoms with Gasteiger partial charge in [0.05, 0.1) is 12.6 Å². The van der Waals surface area contributed by atoms with Gasteiger partial charge in [-0.05, 0) is 48.4 Å². The Morgan fingerprint density at radius 2 is 1.75 bits per heavy atom. The fraction of sp³-hybridized carbons (Fsp3) is 0.130. The third kappa shape index (κ3) is 5.96. The summed E-state index contributed by atoms with van der Waals surface area (Å²) in [4.78, 5) is 11.9. The molecule has 1 N–H and O–H groups in total. The zero-order valence-electron chi connectivity index (χ0n) is 15.6. The Balaban J connectivity index is 1.47. The van der Waals surface area contributed by atoms with Crippen molar-refractivity contribution in [1.82, 2.24) is 5.43 Å². The number of ether oxygens (including phenoxy) is 1. The largest absolute Gasteiger partial charge is 0.489 e. The van der Waals surface area contributed by atoms with Crippen molar-refractivity contribution in [1.29, 1.82) is 0 Å². The molecule has 0 aromatic heterocycles. The molecular formula is C23H21ClN2O2. The molecule has 0 radical (unpaired) electrons. The normalized spacial score (nSPS) is 10.8. The number of nitrogens with one attached hydrogen (secondary N) is 1. The van der Waals surface area contributed by atoms with Crippen molar-refractivity contribution in [3.63, 3.8) is 0 Å². The van der Waals surface area contributed by atoms with Crippen molar-refractivity contribution < 1.29 is 9.53 Å². The number of carbonyl (C=O) groups is 1. The lowest BCUT2D eigenvalue weighted by atomic mass is 10.1.